The Morgan fingerprint density at radius 2 is 1.75 bits per heavy atom. The Morgan fingerprint density at radius 3 is 2.58 bits per heavy atom. The van der Waals surface area contributed by atoms with E-state index in [1.165, 1.54) is 20.3 Å². The molecule has 0 amide bonds. The van der Waals surface area contributed by atoms with Crippen LogP contribution in [-0.4, -0.2) is 29.2 Å². The summed E-state index contributed by atoms with van der Waals surface area (Å²) in [5.74, 6) is -0.130. The number of nitriles is 1. The Labute approximate surface area is 236 Å². The molecule has 0 N–H and O–H groups in total. The van der Waals surface area contributed by atoms with E-state index in [2.05, 4.69) is 16.4 Å². The molecule has 3 aromatic carbocycles. The van der Waals surface area contributed by atoms with Crippen LogP contribution in [-0.2, 0) is 36.0 Å². The third kappa shape index (κ3) is 4.78. The smallest absolute Gasteiger partial charge is 0.265 e. The van der Waals surface area contributed by atoms with Crippen LogP contribution in [0.1, 0.15) is 44.9 Å². The lowest BCUT2D eigenvalue weighted by Crippen LogP contribution is -2.31. The van der Waals surface area contributed by atoms with Crippen LogP contribution in [0.2, 0.25) is 0 Å². The van der Waals surface area contributed by atoms with E-state index in [9.17, 15) is 18.5 Å². The Kier molecular flexibility index (Phi) is 6.92. The van der Waals surface area contributed by atoms with Gasteiger partial charge in [0.05, 0.1) is 23.2 Å². The number of benzene rings is 3. The first-order valence-electron chi connectivity index (χ1n) is 13.0. The average Bonchev–Trinajstić information content (AvgIpc) is 3.59. The van der Waals surface area contributed by atoms with Crippen molar-refractivity contribution in [2.24, 2.45) is 0 Å². The number of hydrogen-bond acceptors (Lipinski definition) is 7. The third-order valence-electron chi connectivity index (χ3n) is 7.10. The summed E-state index contributed by atoms with van der Waals surface area (Å²) in [6.45, 7) is -0.150. The number of anilines is 1. The van der Waals surface area contributed by atoms with E-state index >= 15 is 0 Å². The predicted molar refractivity (Wildman–Crippen MR) is 154 cm³/mol. The number of Topliss-reactive ketones (excluding diaryl/α,β-unsaturated/α-hetero) is 1. The van der Waals surface area contributed by atoms with Crippen LogP contribution in [0.5, 0.6) is 0 Å². The number of carbonyl (C=O) groups is 1. The maximum atomic E-state index is 14.4. The van der Waals surface area contributed by atoms with Gasteiger partial charge in [0, 0.05) is 15.8 Å². The number of rotatable bonds is 8. The van der Waals surface area contributed by atoms with Gasteiger partial charge in [0.25, 0.3) is 10.0 Å². The quantitative estimate of drug-likeness (QED) is 0.228. The number of thiophene rings is 1. The Balaban J connectivity index is 1.42. The van der Waals surface area contributed by atoms with Crippen molar-refractivity contribution in [2.75, 3.05) is 4.31 Å². The Morgan fingerprint density at radius 1 is 1.00 bits per heavy atom. The predicted octanol–water partition coefficient (Wildman–Crippen LogP) is 5.52. The molecule has 0 saturated heterocycles. The zero-order chi connectivity index (χ0) is 27.7. The molecule has 0 bridgehead atoms. The van der Waals surface area contributed by atoms with Gasteiger partial charge in [0.2, 0.25) is 0 Å². The number of hydrogen-bond donors (Lipinski definition) is 0. The molecule has 2 heterocycles. The van der Waals surface area contributed by atoms with Crippen LogP contribution >= 0.6 is 11.3 Å². The zero-order valence-corrected chi connectivity index (χ0v) is 23.2. The van der Waals surface area contributed by atoms with Gasteiger partial charge in [0.15, 0.2) is 5.78 Å². The fourth-order valence-corrected chi connectivity index (χ4v) is 8.36. The van der Waals surface area contributed by atoms with Crippen molar-refractivity contribution in [1.82, 2.24) is 15.0 Å². The average molecular weight is 568 g/mol. The lowest BCUT2D eigenvalue weighted by molar-refractivity contribution is 0.0967. The lowest BCUT2D eigenvalue weighted by atomic mass is 9.96. The number of aromatic nitrogens is 3. The summed E-state index contributed by atoms with van der Waals surface area (Å²) in [5.41, 5.74) is 2.29. The zero-order valence-electron chi connectivity index (χ0n) is 21.5. The van der Waals surface area contributed by atoms with E-state index < -0.39 is 10.0 Å². The maximum Gasteiger partial charge on any atom is 0.265 e. The number of nitrogens with zero attached hydrogens (tertiary/aromatic N) is 5. The largest absolute Gasteiger partial charge is 0.292 e. The molecule has 0 radical (unpaired) electrons. The number of sulfonamides is 1. The van der Waals surface area contributed by atoms with Gasteiger partial charge < -0.3 is 0 Å². The summed E-state index contributed by atoms with van der Waals surface area (Å²) in [6, 6.07) is 23.7. The summed E-state index contributed by atoms with van der Waals surface area (Å²) in [4.78, 5) is 13.9. The number of carbonyl (C=O) groups excluding carboxylic acids is 1. The van der Waals surface area contributed by atoms with Crippen LogP contribution < -0.4 is 4.31 Å². The number of aryl methyl sites for hydroxylation is 1. The topological polar surface area (TPSA) is 109 Å². The first-order valence-corrected chi connectivity index (χ1v) is 15.2. The molecule has 2 aromatic heterocycles. The second kappa shape index (κ2) is 10.7. The number of fused-ring (bicyclic) bond motifs is 2. The summed E-state index contributed by atoms with van der Waals surface area (Å²) in [5, 5.41) is 20.3. The van der Waals surface area contributed by atoms with Crippen LogP contribution in [0.25, 0.3) is 10.8 Å². The van der Waals surface area contributed by atoms with Gasteiger partial charge in [-0.2, -0.15) is 5.26 Å². The van der Waals surface area contributed by atoms with Crippen molar-refractivity contribution in [3.63, 3.8) is 0 Å². The van der Waals surface area contributed by atoms with Gasteiger partial charge in [-0.3, -0.25) is 4.79 Å². The molecule has 0 spiro atoms. The highest BCUT2D eigenvalue weighted by atomic mass is 32.2. The molecule has 6 rings (SSSR count). The fraction of sp³-hybridized carbons (Fsp3) is 0.200. The molecule has 0 fully saturated rings. The van der Waals surface area contributed by atoms with Gasteiger partial charge >= 0.3 is 0 Å². The van der Waals surface area contributed by atoms with Gasteiger partial charge in [-0.1, -0.05) is 71.9 Å². The molecule has 1 aliphatic carbocycles. The molecule has 0 unspecified atom stereocenters. The molecular formula is C30H25N5O3S2. The second-order valence-corrected chi connectivity index (χ2v) is 12.6. The summed E-state index contributed by atoms with van der Waals surface area (Å²) in [7, 11) is -4.12. The highest BCUT2D eigenvalue weighted by Gasteiger charge is 2.33. The second-order valence-electron chi connectivity index (χ2n) is 9.69. The van der Waals surface area contributed by atoms with Crippen molar-refractivity contribution in [1.29, 1.82) is 5.26 Å². The first kappa shape index (κ1) is 25.9. The summed E-state index contributed by atoms with van der Waals surface area (Å²) in [6.07, 6.45) is 5.16. The highest BCUT2D eigenvalue weighted by molar-refractivity contribution is 7.93. The van der Waals surface area contributed by atoms with Crippen LogP contribution in [0.3, 0.4) is 0 Å². The van der Waals surface area contributed by atoms with Gasteiger partial charge in [-0.15, -0.1) is 16.4 Å². The lowest BCUT2D eigenvalue weighted by Gasteiger charge is -2.23. The maximum absolute atomic E-state index is 14.4. The van der Waals surface area contributed by atoms with E-state index in [-0.39, 0.29) is 23.8 Å². The number of ketones is 1. The minimum Gasteiger partial charge on any atom is -0.292 e. The van der Waals surface area contributed by atoms with Crippen molar-refractivity contribution < 1.29 is 13.2 Å². The van der Waals surface area contributed by atoms with Gasteiger partial charge in [-0.05, 0) is 42.7 Å². The minimum atomic E-state index is -4.12. The highest BCUT2D eigenvalue weighted by Crippen LogP contribution is 2.42. The van der Waals surface area contributed by atoms with Crippen LogP contribution in [0.4, 0.5) is 5.00 Å². The van der Waals surface area contributed by atoms with E-state index in [1.807, 2.05) is 30.3 Å². The Hall–Kier alpha value is -4.33. The molecular weight excluding hydrogens is 542 g/mol. The monoisotopic (exact) mass is 567 g/mol. The van der Waals surface area contributed by atoms with Crippen molar-refractivity contribution in [3.05, 3.63) is 106 Å². The van der Waals surface area contributed by atoms with E-state index in [0.29, 0.717) is 27.2 Å². The van der Waals surface area contributed by atoms with Crippen LogP contribution in [0.15, 0.2) is 83.9 Å². The standard InChI is InChI=1S/C30H25N5O3S2/c31-17-26-25-14-6-7-15-28(25)39-30(26)35(40(37,38)29-16-8-12-21-9-4-5-13-24(21)29)19-23-18-34(33-32-23)20-27(36)22-10-2-1-3-11-22/h1-5,8-13,16,18H,6-7,14-15,19-20H2. The molecule has 10 heteroatoms. The first-order chi connectivity index (χ1) is 19.5. The molecule has 8 nitrogen and oxygen atoms in total. The van der Waals surface area contributed by atoms with Crippen LogP contribution in [0, 0.1) is 11.3 Å². The van der Waals surface area contributed by atoms with Crippen molar-refractivity contribution in [2.45, 2.75) is 43.7 Å². The van der Waals surface area contributed by atoms with E-state index in [0.717, 1.165) is 41.5 Å². The van der Waals surface area contributed by atoms with Gasteiger partial charge in [-0.25, -0.2) is 17.4 Å². The fourth-order valence-electron chi connectivity index (χ4n) is 5.15. The molecule has 40 heavy (non-hydrogen) atoms. The SMILES string of the molecule is N#Cc1c(N(Cc2cn(CC(=O)c3ccccc3)nn2)S(=O)(=O)c2cccc3ccccc23)sc2c1CCCC2. The normalized spacial score (nSPS) is 13.1. The minimum absolute atomic E-state index is 0.0240. The molecule has 5 aromatic rings. The third-order valence-corrected chi connectivity index (χ3v) is 10.3. The van der Waals surface area contributed by atoms with E-state index in [4.69, 9.17) is 0 Å². The van der Waals surface area contributed by atoms with Crippen molar-refractivity contribution >= 4 is 42.9 Å². The molecule has 0 aliphatic heterocycles. The molecule has 200 valence electrons. The molecule has 0 atom stereocenters. The van der Waals surface area contributed by atoms with Crippen molar-refractivity contribution in [3.8, 4) is 6.07 Å². The summed E-state index contributed by atoms with van der Waals surface area (Å²) < 4.78 is 31.5. The molecule has 0 saturated carbocycles. The molecule has 1 aliphatic rings. The Bertz CT molecular complexity index is 1870. The summed E-state index contributed by atoms with van der Waals surface area (Å²) >= 11 is 1.37. The van der Waals surface area contributed by atoms with Gasteiger partial charge in [0.1, 0.15) is 23.3 Å². The van der Waals surface area contributed by atoms with E-state index in [1.54, 1.807) is 48.7 Å².